The summed E-state index contributed by atoms with van der Waals surface area (Å²) in [5.74, 6) is 0.0594. The molecule has 1 nitrogen and oxygen atoms in total. The molecule has 0 spiro atoms. The topological polar surface area (TPSA) is 17.1 Å². The van der Waals surface area contributed by atoms with E-state index < -0.39 is 0 Å². The van der Waals surface area contributed by atoms with E-state index >= 15 is 0 Å². The van der Waals surface area contributed by atoms with Crippen molar-refractivity contribution in [3.8, 4) is 0 Å². The second-order valence-electron chi connectivity index (χ2n) is 4.47. The number of benzene rings is 1. The Labute approximate surface area is 118 Å². The molecule has 1 aromatic heterocycles. The van der Waals surface area contributed by atoms with E-state index in [2.05, 4.69) is 19.1 Å². The van der Waals surface area contributed by atoms with Gasteiger partial charge in [0, 0.05) is 15.3 Å². The minimum absolute atomic E-state index is 0.0594. The SMILES string of the molecule is CCCCc1ccc(/C=C/C(=O)c2ccccc2)s1. The van der Waals surface area contributed by atoms with E-state index in [0.29, 0.717) is 0 Å². The molecule has 19 heavy (non-hydrogen) atoms. The Morgan fingerprint density at radius 2 is 1.95 bits per heavy atom. The Hall–Kier alpha value is -1.67. The smallest absolute Gasteiger partial charge is 0.185 e. The molecule has 0 bridgehead atoms. The first kappa shape index (κ1) is 13.8. The van der Waals surface area contributed by atoms with Crippen LogP contribution < -0.4 is 0 Å². The van der Waals surface area contributed by atoms with Gasteiger partial charge < -0.3 is 0 Å². The molecule has 0 N–H and O–H groups in total. The summed E-state index contributed by atoms with van der Waals surface area (Å²) in [7, 11) is 0. The second kappa shape index (κ2) is 7.05. The molecule has 2 heteroatoms. The highest BCUT2D eigenvalue weighted by atomic mass is 32.1. The quantitative estimate of drug-likeness (QED) is 0.534. The fourth-order valence-corrected chi connectivity index (χ4v) is 2.78. The number of allylic oxidation sites excluding steroid dienone is 1. The van der Waals surface area contributed by atoms with Crippen molar-refractivity contribution in [2.45, 2.75) is 26.2 Å². The Morgan fingerprint density at radius 1 is 1.16 bits per heavy atom. The molecule has 0 aliphatic rings. The van der Waals surface area contributed by atoms with Gasteiger partial charge in [-0.05, 0) is 37.1 Å². The number of aryl methyl sites for hydroxylation is 1. The van der Waals surface area contributed by atoms with Crippen molar-refractivity contribution in [2.75, 3.05) is 0 Å². The second-order valence-corrected chi connectivity index (χ2v) is 5.67. The summed E-state index contributed by atoms with van der Waals surface area (Å²) in [6.45, 7) is 2.20. The lowest BCUT2D eigenvalue weighted by atomic mass is 10.1. The molecule has 0 saturated carbocycles. The third kappa shape index (κ3) is 4.18. The fraction of sp³-hybridized carbons (Fsp3) is 0.235. The first-order chi connectivity index (χ1) is 9.29. The lowest BCUT2D eigenvalue weighted by molar-refractivity contribution is 0.104. The largest absolute Gasteiger partial charge is 0.289 e. The maximum atomic E-state index is 11.9. The van der Waals surface area contributed by atoms with Crippen LogP contribution in [0, 0.1) is 0 Å². The van der Waals surface area contributed by atoms with Crippen LogP contribution in [0.15, 0.2) is 48.5 Å². The van der Waals surface area contributed by atoms with Crippen LogP contribution in [-0.4, -0.2) is 5.78 Å². The van der Waals surface area contributed by atoms with E-state index in [4.69, 9.17) is 0 Å². The number of unbranched alkanes of at least 4 members (excludes halogenated alkanes) is 1. The van der Waals surface area contributed by atoms with Crippen molar-refractivity contribution >= 4 is 23.2 Å². The number of thiophene rings is 1. The maximum absolute atomic E-state index is 11.9. The third-order valence-electron chi connectivity index (χ3n) is 2.92. The zero-order valence-corrected chi connectivity index (χ0v) is 12.0. The van der Waals surface area contributed by atoms with Crippen molar-refractivity contribution < 1.29 is 4.79 Å². The van der Waals surface area contributed by atoms with Crippen LogP contribution in [0.1, 0.15) is 39.9 Å². The molecule has 0 unspecified atom stereocenters. The van der Waals surface area contributed by atoms with E-state index in [1.165, 1.54) is 17.7 Å². The standard InChI is InChI=1S/C17H18OS/c1-2-3-9-15-10-11-16(19-15)12-13-17(18)14-7-5-4-6-8-14/h4-8,10-13H,2-3,9H2,1H3/b13-12+. The summed E-state index contributed by atoms with van der Waals surface area (Å²) in [6.07, 6.45) is 7.16. The average Bonchev–Trinajstić information content (AvgIpc) is 2.91. The van der Waals surface area contributed by atoms with Crippen LogP contribution in [0.25, 0.3) is 6.08 Å². The third-order valence-corrected chi connectivity index (χ3v) is 4.03. The van der Waals surface area contributed by atoms with Gasteiger partial charge in [-0.25, -0.2) is 0 Å². The number of hydrogen-bond acceptors (Lipinski definition) is 2. The zero-order chi connectivity index (χ0) is 13.5. The van der Waals surface area contributed by atoms with Crippen LogP contribution in [0.3, 0.4) is 0 Å². The molecule has 0 aliphatic heterocycles. The monoisotopic (exact) mass is 270 g/mol. The van der Waals surface area contributed by atoms with Crippen LogP contribution in [0.2, 0.25) is 0 Å². The summed E-state index contributed by atoms with van der Waals surface area (Å²) >= 11 is 1.77. The van der Waals surface area contributed by atoms with Crippen LogP contribution in [-0.2, 0) is 6.42 Å². The van der Waals surface area contributed by atoms with E-state index in [-0.39, 0.29) is 5.78 Å². The molecule has 2 rings (SSSR count). The van der Waals surface area contributed by atoms with Crippen LogP contribution in [0.4, 0.5) is 0 Å². The van der Waals surface area contributed by atoms with Gasteiger partial charge in [0.05, 0.1) is 0 Å². The first-order valence-electron chi connectivity index (χ1n) is 6.66. The van der Waals surface area contributed by atoms with Crippen LogP contribution in [0.5, 0.6) is 0 Å². The minimum atomic E-state index is 0.0594. The highest BCUT2D eigenvalue weighted by molar-refractivity contribution is 7.12. The van der Waals surface area contributed by atoms with Crippen molar-refractivity contribution in [3.63, 3.8) is 0 Å². The van der Waals surface area contributed by atoms with Crippen molar-refractivity contribution in [2.24, 2.45) is 0 Å². The summed E-state index contributed by atoms with van der Waals surface area (Å²) in [5, 5.41) is 0. The Morgan fingerprint density at radius 3 is 2.68 bits per heavy atom. The molecular formula is C17H18OS. The minimum Gasteiger partial charge on any atom is -0.289 e. The van der Waals surface area contributed by atoms with Gasteiger partial charge in [-0.2, -0.15) is 0 Å². The molecule has 0 fully saturated rings. The van der Waals surface area contributed by atoms with E-state index in [0.717, 1.165) is 16.9 Å². The predicted molar refractivity (Wildman–Crippen MR) is 82.7 cm³/mol. The summed E-state index contributed by atoms with van der Waals surface area (Å²) in [6, 6.07) is 13.6. The number of carbonyl (C=O) groups excluding carboxylic acids is 1. The first-order valence-corrected chi connectivity index (χ1v) is 7.47. The lowest BCUT2D eigenvalue weighted by Crippen LogP contribution is -1.92. The summed E-state index contributed by atoms with van der Waals surface area (Å²) < 4.78 is 0. The van der Waals surface area contributed by atoms with Gasteiger partial charge in [-0.3, -0.25) is 4.79 Å². The van der Waals surface area contributed by atoms with Gasteiger partial charge in [-0.15, -0.1) is 11.3 Å². The van der Waals surface area contributed by atoms with Crippen molar-refractivity contribution in [1.29, 1.82) is 0 Å². The summed E-state index contributed by atoms with van der Waals surface area (Å²) in [5.41, 5.74) is 0.738. The molecule has 0 atom stereocenters. The van der Waals surface area contributed by atoms with Crippen molar-refractivity contribution in [1.82, 2.24) is 0 Å². The molecule has 0 amide bonds. The molecule has 0 aliphatic carbocycles. The van der Waals surface area contributed by atoms with Gasteiger partial charge in [-0.1, -0.05) is 43.7 Å². The molecule has 98 valence electrons. The molecule has 1 aromatic carbocycles. The Balaban J connectivity index is 1.98. The number of carbonyl (C=O) groups is 1. The zero-order valence-electron chi connectivity index (χ0n) is 11.1. The van der Waals surface area contributed by atoms with Gasteiger partial charge in [0.15, 0.2) is 5.78 Å². The molecule has 0 radical (unpaired) electrons. The Bertz CT molecular complexity index is 552. The normalized spacial score (nSPS) is 11.0. The highest BCUT2D eigenvalue weighted by Gasteiger charge is 2.01. The van der Waals surface area contributed by atoms with Gasteiger partial charge in [0.2, 0.25) is 0 Å². The molecule has 1 heterocycles. The summed E-state index contributed by atoms with van der Waals surface area (Å²) in [4.78, 5) is 14.5. The number of hydrogen-bond donors (Lipinski definition) is 0. The average molecular weight is 270 g/mol. The van der Waals surface area contributed by atoms with Gasteiger partial charge >= 0.3 is 0 Å². The van der Waals surface area contributed by atoms with E-state index in [1.807, 2.05) is 36.4 Å². The van der Waals surface area contributed by atoms with Crippen molar-refractivity contribution in [3.05, 3.63) is 63.9 Å². The van der Waals surface area contributed by atoms with E-state index in [9.17, 15) is 4.79 Å². The fourth-order valence-electron chi connectivity index (χ4n) is 1.83. The lowest BCUT2D eigenvalue weighted by Gasteiger charge is -1.93. The number of ketones is 1. The maximum Gasteiger partial charge on any atom is 0.185 e. The predicted octanol–water partition coefficient (Wildman–Crippen LogP) is 4.99. The molecule has 2 aromatic rings. The number of rotatable bonds is 6. The molecule has 0 saturated heterocycles. The van der Waals surface area contributed by atoms with Gasteiger partial charge in [0.25, 0.3) is 0 Å². The van der Waals surface area contributed by atoms with E-state index in [1.54, 1.807) is 17.4 Å². The molecular weight excluding hydrogens is 252 g/mol. The van der Waals surface area contributed by atoms with Crippen LogP contribution >= 0.6 is 11.3 Å². The van der Waals surface area contributed by atoms with Gasteiger partial charge in [0.1, 0.15) is 0 Å². The Kier molecular flexibility index (Phi) is 5.10. The highest BCUT2D eigenvalue weighted by Crippen LogP contribution is 2.20.